The summed E-state index contributed by atoms with van der Waals surface area (Å²) in [6.45, 7) is 1.94. The Hall–Kier alpha value is -1.14. The lowest BCUT2D eigenvalue weighted by atomic mass is 10.1. The summed E-state index contributed by atoms with van der Waals surface area (Å²) >= 11 is 0.998. The number of rotatable bonds is 3. The molecule has 2 aromatic carbocycles. The van der Waals surface area contributed by atoms with Crippen LogP contribution >= 0.6 is 12.0 Å². The minimum atomic E-state index is -0.261. The zero-order chi connectivity index (χ0) is 11.5. The molecular formula is C11H10FNO2S. The summed E-state index contributed by atoms with van der Waals surface area (Å²) in [5.74, 6) is 4.50. The summed E-state index contributed by atoms with van der Waals surface area (Å²) in [6.07, 6.45) is 0. The summed E-state index contributed by atoms with van der Waals surface area (Å²) in [5, 5.41) is 1.80. The highest BCUT2D eigenvalue weighted by Crippen LogP contribution is 2.28. The fraction of sp³-hybridized carbons (Fsp3) is 0.0909. The molecule has 0 radical (unpaired) electrons. The lowest BCUT2D eigenvalue weighted by molar-refractivity contribution is -0.195. The number of hydrogen-bond donors (Lipinski definition) is 1. The zero-order valence-corrected chi connectivity index (χ0v) is 9.38. The maximum absolute atomic E-state index is 13.0. The van der Waals surface area contributed by atoms with Gasteiger partial charge in [0.2, 0.25) is 0 Å². The summed E-state index contributed by atoms with van der Waals surface area (Å²) in [5.41, 5.74) is 1.01. The van der Waals surface area contributed by atoms with Gasteiger partial charge in [-0.05, 0) is 41.5 Å². The van der Waals surface area contributed by atoms with E-state index in [4.69, 9.17) is 5.90 Å². The molecule has 0 aliphatic rings. The van der Waals surface area contributed by atoms with Crippen LogP contribution in [0.25, 0.3) is 10.8 Å². The van der Waals surface area contributed by atoms with E-state index in [-0.39, 0.29) is 5.82 Å². The second-order valence-corrected chi connectivity index (χ2v) is 4.10. The molecule has 0 aliphatic carbocycles. The van der Waals surface area contributed by atoms with Gasteiger partial charge in [-0.2, -0.15) is 5.90 Å². The summed E-state index contributed by atoms with van der Waals surface area (Å²) in [4.78, 5) is 4.86. The van der Waals surface area contributed by atoms with Gasteiger partial charge >= 0.3 is 0 Å². The third kappa shape index (κ3) is 2.33. The van der Waals surface area contributed by atoms with E-state index in [1.807, 2.05) is 19.1 Å². The predicted molar refractivity (Wildman–Crippen MR) is 60.9 cm³/mol. The number of nitrogens with two attached hydrogens (primary N) is 1. The van der Waals surface area contributed by atoms with Crippen LogP contribution in [0.5, 0.6) is 0 Å². The number of halogens is 1. The first-order chi connectivity index (χ1) is 7.70. The van der Waals surface area contributed by atoms with Crippen LogP contribution in [0, 0.1) is 12.7 Å². The van der Waals surface area contributed by atoms with Crippen molar-refractivity contribution in [1.82, 2.24) is 0 Å². The fourth-order valence-electron chi connectivity index (χ4n) is 1.51. The van der Waals surface area contributed by atoms with Crippen molar-refractivity contribution in [2.24, 2.45) is 5.90 Å². The van der Waals surface area contributed by atoms with Crippen molar-refractivity contribution in [2.75, 3.05) is 0 Å². The average Bonchev–Trinajstić information content (AvgIpc) is 2.27. The largest absolute Gasteiger partial charge is 0.207 e. The highest BCUT2D eigenvalue weighted by atomic mass is 32.2. The van der Waals surface area contributed by atoms with Gasteiger partial charge in [0.05, 0.1) is 12.0 Å². The highest BCUT2D eigenvalue weighted by Gasteiger charge is 2.04. The van der Waals surface area contributed by atoms with E-state index in [9.17, 15) is 4.39 Å². The quantitative estimate of drug-likeness (QED) is 0.508. The molecule has 0 saturated carbocycles. The van der Waals surface area contributed by atoms with Crippen molar-refractivity contribution in [3.8, 4) is 0 Å². The van der Waals surface area contributed by atoms with Crippen molar-refractivity contribution < 1.29 is 13.7 Å². The van der Waals surface area contributed by atoms with Gasteiger partial charge in [0.15, 0.2) is 0 Å². The van der Waals surface area contributed by atoms with E-state index in [2.05, 4.69) is 9.32 Å². The van der Waals surface area contributed by atoms with E-state index in [1.165, 1.54) is 12.1 Å². The first kappa shape index (κ1) is 11.3. The van der Waals surface area contributed by atoms with Crippen LogP contribution in [0.1, 0.15) is 5.56 Å². The minimum Gasteiger partial charge on any atom is -0.207 e. The summed E-state index contributed by atoms with van der Waals surface area (Å²) in [6, 6.07) is 8.44. The normalized spacial score (nSPS) is 10.9. The van der Waals surface area contributed by atoms with Gasteiger partial charge in [-0.15, -0.1) is 9.32 Å². The Bertz CT molecular complexity index is 519. The second-order valence-electron chi connectivity index (χ2n) is 3.36. The van der Waals surface area contributed by atoms with Crippen LogP contribution in [0.4, 0.5) is 4.39 Å². The molecule has 2 rings (SSSR count). The van der Waals surface area contributed by atoms with E-state index < -0.39 is 0 Å². The van der Waals surface area contributed by atoms with Gasteiger partial charge in [-0.25, -0.2) is 4.39 Å². The Kier molecular flexibility index (Phi) is 3.40. The molecule has 2 aromatic rings. The number of benzene rings is 2. The first-order valence-electron chi connectivity index (χ1n) is 4.60. The molecule has 0 spiro atoms. The highest BCUT2D eigenvalue weighted by molar-refractivity contribution is 7.94. The van der Waals surface area contributed by atoms with Crippen LogP contribution in [0.15, 0.2) is 35.2 Å². The standard InChI is InChI=1S/C11H10FNO2S/c1-7-4-8-2-3-10(12)5-9(8)6-11(7)16-15-14-13/h2-6H,13H2,1H3. The van der Waals surface area contributed by atoms with Gasteiger partial charge in [0.25, 0.3) is 0 Å². The molecule has 84 valence electrons. The molecule has 0 heterocycles. The smallest absolute Gasteiger partial charge is 0.123 e. The van der Waals surface area contributed by atoms with Crippen molar-refractivity contribution in [3.05, 3.63) is 41.7 Å². The Balaban J connectivity index is 2.46. The van der Waals surface area contributed by atoms with Crippen LogP contribution in [0.2, 0.25) is 0 Å². The van der Waals surface area contributed by atoms with Gasteiger partial charge in [-0.3, -0.25) is 0 Å². The second kappa shape index (κ2) is 4.80. The molecule has 0 unspecified atom stereocenters. The maximum atomic E-state index is 13.0. The number of hydrogen-bond acceptors (Lipinski definition) is 4. The minimum absolute atomic E-state index is 0.261. The molecule has 5 heteroatoms. The van der Waals surface area contributed by atoms with E-state index in [1.54, 1.807) is 6.07 Å². The van der Waals surface area contributed by atoms with E-state index in [0.717, 1.165) is 33.3 Å². The van der Waals surface area contributed by atoms with Crippen molar-refractivity contribution in [3.63, 3.8) is 0 Å². The third-order valence-electron chi connectivity index (χ3n) is 2.26. The van der Waals surface area contributed by atoms with Crippen molar-refractivity contribution in [1.29, 1.82) is 0 Å². The van der Waals surface area contributed by atoms with Gasteiger partial charge in [0, 0.05) is 4.90 Å². The van der Waals surface area contributed by atoms with Gasteiger partial charge < -0.3 is 0 Å². The molecule has 2 N–H and O–H groups in total. The molecule has 0 saturated heterocycles. The average molecular weight is 239 g/mol. The topological polar surface area (TPSA) is 44.5 Å². The molecule has 3 nitrogen and oxygen atoms in total. The third-order valence-corrected chi connectivity index (χ3v) is 3.03. The fourth-order valence-corrected chi connectivity index (χ4v) is 1.99. The molecule has 0 bridgehead atoms. The summed E-state index contributed by atoms with van der Waals surface area (Å²) in [7, 11) is 0. The molecular weight excluding hydrogens is 229 g/mol. The van der Waals surface area contributed by atoms with Crippen molar-refractivity contribution >= 4 is 22.8 Å². The Labute approximate surface area is 96.4 Å². The molecule has 16 heavy (non-hydrogen) atoms. The van der Waals surface area contributed by atoms with Crippen LogP contribution in [-0.4, -0.2) is 0 Å². The van der Waals surface area contributed by atoms with Crippen LogP contribution < -0.4 is 5.90 Å². The molecule has 0 atom stereocenters. The molecule has 0 aliphatic heterocycles. The molecule has 0 amide bonds. The van der Waals surface area contributed by atoms with Crippen LogP contribution in [-0.2, 0) is 9.32 Å². The Morgan fingerprint density at radius 3 is 2.75 bits per heavy atom. The van der Waals surface area contributed by atoms with E-state index in [0.29, 0.717) is 0 Å². The monoisotopic (exact) mass is 239 g/mol. The first-order valence-corrected chi connectivity index (χ1v) is 5.35. The lowest BCUT2D eigenvalue weighted by Gasteiger charge is -2.06. The SMILES string of the molecule is Cc1cc2ccc(F)cc2cc1SOON. The predicted octanol–water partition coefficient (Wildman–Crippen LogP) is 3.12. The lowest BCUT2D eigenvalue weighted by Crippen LogP contribution is -1.94. The Morgan fingerprint density at radius 1 is 1.19 bits per heavy atom. The van der Waals surface area contributed by atoms with E-state index >= 15 is 0 Å². The maximum Gasteiger partial charge on any atom is 0.123 e. The molecule has 0 fully saturated rings. The zero-order valence-electron chi connectivity index (χ0n) is 8.57. The number of fused-ring (bicyclic) bond motifs is 1. The van der Waals surface area contributed by atoms with Crippen molar-refractivity contribution in [2.45, 2.75) is 11.8 Å². The Morgan fingerprint density at radius 2 is 2.00 bits per heavy atom. The number of aryl methyl sites for hydroxylation is 1. The van der Waals surface area contributed by atoms with Crippen LogP contribution in [0.3, 0.4) is 0 Å². The van der Waals surface area contributed by atoms with Gasteiger partial charge in [0.1, 0.15) is 5.82 Å². The summed E-state index contributed by atoms with van der Waals surface area (Å²) < 4.78 is 17.6. The van der Waals surface area contributed by atoms with Gasteiger partial charge in [-0.1, -0.05) is 12.1 Å². The molecule has 0 aromatic heterocycles.